The van der Waals surface area contributed by atoms with Crippen molar-refractivity contribution in [2.24, 2.45) is 11.8 Å². The Kier molecular flexibility index (Phi) is 3.05. The maximum atomic E-state index is 13.6. The summed E-state index contributed by atoms with van der Waals surface area (Å²) < 4.78 is 13.6. The summed E-state index contributed by atoms with van der Waals surface area (Å²) in [6.07, 6.45) is 0. The number of amides is 1. The highest BCUT2D eigenvalue weighted by Crippen LogP contribution is 2.33. The Balaban J connectivity index is 1.82. The van der Waals surface area contributed by atoms with Crippen LogP contribution >= 0.6 is 0 Å². The zero-order valence-electron chi connectivity index (χ0n) is 11.3. The molecule has 2 heterocycles. The quantitative estimate of drug-likeness (QED) is 0.837. The van der Waals surface area contributed by atoms with Crippen LogP contribution in [-0.2, 0) is 0 Å². The number of carbonyl (C=O) groups excluding carboxylic acids is 1. The molecular weight excluding hydrogens is 243 g/mol. The molecule has 2 saturated heterocycles. The fraction of sp³-hybridized carbons (Fsp3) is 0.533. The molecule has 1 N–H and O–H groups in total. The molecule has 2 fully saturated rings. The monoisotopic (exact) mass is 262 g/mol. The minimum atomic E-state index is -0.306. The van der Waals surface area contributed by atoms with Gasteiger partial charge < -0.3 is 10.2 Å². The molecule has 0 saturated carbocycles. The highest BCUT2D eigenvalue weighted by Gasteiger charge is 2.43. The molecule has 3 rings (SSSR count). The molecule has 0 spiro atoms. The molecular formula is C15H19FN2O. The third-order valence-electron chi connectivity index (χ3n) is 4.61. The first-order chi connectivity index (χ1) is 9.08. The number of aryl methyl sites for hydroxylation is 1. The average Bonchev–Trinajstić information content (AvgIpc) is 2.95. The van der Waals surface area contributed by atoms with E-state index in [0.717, 1.165) is 19.6 Å². The molecule has 3 atom stereocenters. The lowest BCUT2D eigenvalue weighted by Gasteiger charge is -2.24. The molecule has 0 radical (unpaired) electrons. The summed E-state index contributed by atoms with van der Waals surface area (Å²) in [4.78, 5) is 14.4. The van der Waals surface area contributed by atoms with Crippen molar-refractivity contribution in [3.05, 3.63) is 35.1 Å². The number of nitrogens with zero attached hydrogens (tertiary/aromatic N) is 1. The van der Waals surface area contributed by atoms with Gasteiger partial charge in [0.25, 0.3) is 5.91 Å². The molecule has 4 heteroatoms. The molecule has 102 valence electrons. The van der Waals surface area contributed by atoms with Crippen molar-refractivity contribution in [2.45, 2.75) is 19.9 Å². The summed E-state index contributed by atoms with van der Waals surface area (Å²) in [5.74, 6) is 0.744. The molecule has 3 unspecified atom stereocenters. The summed E-state index contributed by atoms with van der Waals surface area (Å²) in [6, 6.07) is 4.99. The first-order valence-electron chi connectivity index (χ1n) is 6.86. The van der Waals surface area contributed by atoms with Crippen molar-refractivity contribution in [1.82, 2.24) is 10.2 Å². The van der Waals surface area contributed by atoms with Crippen LogP contribution in [0, 0.1) is 24.6 Å². The number of benzene rings is 1. The number of fused-ring (bicyclic) bond motifs is 1. The summed E-state index contributed by atoms with van der Waals surface area (Å²) in [6.45, 7) is 6.56. The second-order valence-corrected chi connectivity index (χ2v) is 5.74. The maximum Gasteiger partial charge on any atom is 0.254 e. The van der Waals surface area contributed by atoms with Gasteiger partial charge in [0.1, 0.15) is 5.82 Å². The number of hydrogen-bond donors (Lipinski definition) is 1. The van der Waals surface area contributed by atoms with E-state index >= 15 is 0 Å². The number of rotatable bonds is 1. The van der Waals surface area contributed by atoms with Gasteiger partial charge in [-0.1, -0.05) is 6.07 Å². The average molecular weight is 262 g/mol. The number of halogens is 1. The third-order valence-corrected chi connectivity index (χ3v) is 4.61. The van der Waals surface area contributed by atoms with Crippen LogP contribution in [0.4, 0.5) is 4.39 Å². The van der Waals surface area contributed by atoms with Gasteiger partial charge in [0.05, 0.1) is 0 Å². The van der Waals surface area contributed by atoms with E-state index in [-0.39, 0.29) is 17.8 Å². The van der Waals surface area contributed by atoms with Gasteiger partial charge in [-0.15, -0.1) is 0 Å². The Hall–Kier alpha value is -1.42. The summed E-state index contributed by atoms with van der Waals surface area (Å²) in [5.41, 5.74) is 1.04. The van der Waals surface area contributed by atoms with Crippen molar-refractivity contribution in [2.75, 3.05) is 19.6 Å². The van der Waals surface area contributed by atoms with Gasteiger partial charge in [0.2, 0.25) is 0 Å². The van der Waals surface area contributed by atoms with Gasteiger partial charge >= 0.3 is 0 Å². The van der Waals surface area contributed by atoms with Gasteiger partial charge in [-0.25, -0.2) is 4.39 Å². The van der Waals surface area contributed by atoms with Gasteiger partial charge in [0.15, 0.2) is 0 Å². The third kappa shape index (κ3) is 2.04. The Labute approximate surface area is 112 Å². The van der Waals surface area contributed by atoms with Gasteiger partial charge in [-0.2, -0.15) is 0 Å². The van der Waals surface area contributed by atoms with E-state index in [1.807, 2.05) is 4.90 Å². The van der Waals surface area contributed by atoms with Gasteiger partial charge in [-0.05, 0) is 43.4 Å². The second kappa shape index (κ2) is 4.60. The van der Waals surface area contributed by atoms with Crippen LogP contribution in [-0.4, -0.2) is 36.5 Å². The standard InChI is InChI=1S/C15H19FN2O/c1-9-3-4-11(5-14(9)16)15(19)18-8-12-6-17-7-13(12)10(18)2/h3-5,10,12-13,17H,6-8H2,1-2H3. The van der Waals surface area contributed by atoms with E-state index in [2.05, 4.69) is 12.2 Å². The number of nitrogens with one attached hydrogen (secondary N) is 1. The van der Waals surface area contributed by atoms with Gasteiger partial charge in [0, 0.05) is 31.2 Å². The minimum absolute atomic E-state index is 0.0409. The largest absolute Gasteiger partial charge is 0.335 e. The zero-order chi connectivity index (χ0) is 13.6. The van der Waals surface area contributed by atoms with Crippen LogP contribution in [0.2, 0.25) is 0 Å². The molecule has 1 aromatic rings. The second-order valence-electron chi connectivity index (χ2n) is 5.74. The van der Waals surface area contributed by atoms with E-state index in [1.165, 1.54) is 6.07 Å². The van der Waals surface area contributed by atoms with E-state index in [4.69, 9.17) is 0 Å². The fourth-order valence-electron chi connectivity index (χ4n) is 3.33. The van der Waals surface area contributed by atoms with Crippen LogP contribution in [0.3, 0.4) is 0 Å². The Bertz CT molecular complexity index is 517. The van der Waals surface area contributed by atoms with Crippen molar-refractivity contribution in [3.63, 3.8) is 0 Å². The molecule has 0 aliphatic carbocycles. The first kappa shape index (κ1) is 12.6. The predicted octanol–water partition coefficient (Wildman–Crippen LogP) is 1.81. The number of hydrogen-bond acceptors (Lipinski definition) is 2. The topological polar surface area (TPSA) is 32.3 Å². The molecule has 2 aliphatic rings. The smallest absolute Gasteiger partial charge is 0.254 e. The number of carbonyl (C=O) groups is 1. The maximum absolute atomic E-state index is 13.6. The van der Waals surface area contributed by atoms with E-state index in [1.54, 1.807) is 19.1 Å². The summed E-state index contributed by atoms with van der Waals surface area (Å²) in [5, 5.41) is 3.37. The van der Waals surface area contributed by atoms with Crippen molar-refractivity contribution < 1.29 is 9.18 Å². The van der Waals surface area contributed by atoms with Crippen LogP contribution in [0.15, 0.2) is 18.2 Å². The predicted molar refractivity (Wildman–Crippen MR) is 71.5 cm³/mol. The zero-order valence-corrected chi connectivity index (χ0v) is 11.3. The highest BCUT2D eigenvalue weighted by atomic mass is 19.1. The van der Waals surface area contributed by atoms with E-state index in [0.29, 0.717) is 23.0 Å². The molecule has 1 amide bonds. The molecule has 3 nitrogen and oxygen atoms in total. The van der Waals surface area contributed by atoms with Crippen LogP contribution < -0.4 is 5.32 Å². The van der Waals surface area contributed by atoms with Crippen LogP contribution in [0.5, 0.6) is 0 Å². The lowest BCUT2D eigenvalue weighted by molar-refractivity contribution is 0.0728. The van der Waals surface area contributed by atoms with E-state index < -0.39 is 0 Å². The molecule has 19 heavy (non-hydrogen) atoms. The molecule has 0 bridgehead atoms. The molecule has 2 aliphatic heterocycles. The van der Waals surface area contributed by atoms with Crippen LogP contribution in [0.25, 0.3) is 0 Å². The summed E-state index contributed by atoms with van der Waals surface area (Å²) >= 11 is 0. The normalized spacial score (nSPS) is 29.6. The first-order valence-corrected chi connectivity index (χ1v) is 6.86. The summed E-state index contributed by atoms with van der Waals surface area (Å²) in [7, 11) is 0. The van der Waals surface area contributed by atoms with Crippen molar-refractivity contribution in [1.29, 1.82) is 0 Å². The Morgan fingerprint density at radius 1 is 1.42 bits per heavy atom. The number of likely N-dealkylation sites (tertiary alicyclic amines) is 1. The Morgan fingerprint density at radius 2 is 2.21 bits per heavy atom. The molecule has 1 aromatic carbocycles. The van der Waals surface area contributed by atoms with Crippen LogP contribution in [0.1, 0.15) is 22.8 Å². The van der Waals surface area contributed by atoms with Gasteiger partial charge in [-0.3, -0.25) is 4.79 Å². The fourth-order valence-corrected chi connectivity index (χ4v) is 3.33. The van der Waals surface area contributed by atoms with Crippen molar-refractivity contribution in [3.8, 4) is 0 Å². The van der Waals surface area contributed by atoms with E-state index in [9.17, 15) is 9.18 Å². The van der Waals surface area contributed by atoms with Crippen molar-refractivity contribution >= 4 is 5.91 Å². The minimum Gasteiger partial charge on any atom is -0.335 e. The molecule has 0 aromatic heterocycles. The Morgan fingerprint density at radius 3 is 2.89 bits per heavy atom. The highest BCUT2D eigenvalue weighted by molar-refractivity contribution is 5.94. The lowest BCUT2D eigenvalue weighted by Crippen LogP contribution is -2.38. The lowest BCUT2D eigenvalue weighted by atomic mass is 9.95. The SMILES string of the molecule is Cc1ccc(C(=O)N2CC3CNCC3C2C)cc1F.